The standard InChI is InChI=1S/C19H18N2O5S/c1-13(18(22)21-17-5-3-4-15(10-17)11-20)26-19(23)16-8-6-14(7-9-16)12-27(2,24)25/h3-10,13H,12H2,1-2H3,(H,21,22)/t13-/m1/s1. The van der Waals surface area contributed by atoms with Crippen LogP contribution in [0, 0.1) is 11.3 Å². The topological polar surface area (TPSA) is 113 Å². The smallest absolute Gasteiger partial charge is 0.338 e. The summed E-state index contributed by atoms with van der Waals surface area (Å²) in [5.41, 5.74) is 1.58. The van der Waals surface area contributed by atoms with Crippen molar-refractivity contribution in [2.75, 3.05) is 11.6 Å². The SMILES string of the molecule is C[C@@H](OC(=O)c1ccc(CS(C)(=O)=O)cc1)C(=O)Nc1cccc(C#N)c1. The minimum absolute atomic E-state index is 0.122. The largest absolute Gasteiger partial charge is 0.449 e. The van der Waals surface area contributed by atoms with Crippen molar-refractivity contribution >= 4 is 27.4 Å². The molecule has 0 aliphatic carbocycles. The van der Waals surface area contributed by atoms with Gasteiger partial charge >= 0.3 is 5.97 Å². The van der Waals surface area contributed by atoms with Gasteiger partial charge in [0.25, 0.3) is 5.91 Å². The molecule has 27 heavy (non-hydrogen) atoms. The number of nitrogens with zero attached hydrogens (tertiary/aromatic N) is 1. The van der Waals surface area contributed by atoms with Gasteiger partial charge in [-0.3, -0.25) is 4.79 Å². The molecule has 2 aromatic rings. The first-order valence-electron chi connectivity index (χ1n) is 7.96. The summed E-state index contributed by atoms with van der Waals surface area (Å²) in [6.07, 6.45) is 0.0702. The van der Waals surface area contributed by atoms with E-state index >= 15 is 0 Å². The summed E-state index contributed by atoms with van der Waals surface area (Å²) in [4.78, 5) is 24.3. The number of ether oxygens (including phenoxy) is 1. The first kappa shape index (κ1) is 20.1. The molecule has 1 atom stereocenters. The number of nitriles is 1. The van der Waals surface area contributed by atoms with Gasteiger partial charge < -0.3 is 10.1 Å². The van der Waals surface area contributed by atoms with Crippen LogP contribution in [0.25, 0.3) is 0 Å². The lowest BCUT2D eigenvalue weighted by Crippen LogP contribution is -2.30. The number of rotatable bonds is 6. The molecule has 140 valence electrons. The van der Waals surface area contributed by atoms with Crippen LogP contribution in [-0.4, -0.2) is 32.7 Å². The highest BCUT2D eigenvalue weighted by molar-refractivity contribution is 7.89. The van der Waals surface area contributed by atoms with Gasteiger partial charge in [0.05, 0.1) is 22.9 Å². The summed E-state index contributed by atoms with van der Waals surface area (Å²) in [5.74, 6) is -1.36. The number of benzene rings is 2. The second-order valence-electron chi connectivity index (χ2n) is 6.00. The molecule has 0 spiro atoms. The zero-order valence-electron chi connectivity index (χ0n) is 14.8. The van der Waals surface area contributed by atoms with Crippen LogP contribution in [0.5, 0.6) is 0 Å². The fourth-order valence-electron chi connectivity index (χ4n) is 2.23. The highest BCUT2D eigenvalue weighted by Gasteiger charge is 2.19. The maximum absolute atomic E-state index is 12.2. The quantitative estimate of drug-likeness (QED) is 0.762. The Morgan fingerprint density at radius 3 is 2.44 bits per heavy atom. The Bertz CT molecular complexity index is 992. The van der Waals surface area contributed by atoms with E-state index in [1.165, 1.54) is 37.3 Å². The van der Waals surface area contributed by atoms with Crippen molar-refractivity contribution in [2.24, 2.45) is 0 Å². The summed E-state index contributed by atoms with van der Waals surface area (Å²) in [6, 6.07) is 14.3. The number of hydrogen-bond donors (Lipinski definition) is 1. The van der Waals surface area contributed by atoms with Crippen molar-refractivity contribution in [3.8, 4) is 6.07 Å². The predicted octanol–water partition coefficient (Wildman–Crippen LogP) is 2.29. The van der Waals surface area contributed by atoms with Crippen LogP contribution in [0.1, 0.15) is 28.4 Å². The monoisotopic (exact) mass is 386 g/mol. The molecular formula is C19H18N2O5S. The van der Waals surface area contributed by atoms with Gasteiger partial charge in [-0.1, -0.05) is 18.2 Å². The van der Waals surface area contributed by atoms with Gasteiger partial charge in [0.2, 0.25) is 0 Å². The Labute approximate surface area is 157 Å². The Kier molecular flexibility index (Phi) is 6.32. The van der Waals surface area contributed by atoms with Crippen LogP contribution in [0.2, 0.25) is 0 Å². The Balaban J connectivity index is 1.97. The normalized spacial score (nSPS) is 11.9. The maximum atomic E-state index is 12.2. The number of carbonyl (C=O) groups is 2. The third kappa shape index (κ3) is 6.24. The van der Waals surface area contributed by atoms with Crippen molar-refractivity contribution < 1.29 is 22.7 Å². The van der Waals surface area contributed by atoms with E-state index in [-0.39, 0.29) is 11.3 Å². The van der Waals surface area contributed by atoms with Crippen LogP contribution in [0.4, 0.5) is 5.69 Å². The second kappa shape index (κ2) is 8.47. The highest BCUT2D eigenvalue weighted by Crippen LogP contribution is 2.13. The lowest BCUT2D eigenvalue weighted by Gasteiger charge is -2.14. The molecule has 0 radical (unpaired) electrons. The third-order valence-corrected chi connectivity index (χ3v) is 4.39. The van der Waals surface area contributed by atoms with Crippen LogP contribution in [-0.2, 0) is 25.1 Å². The first-order valence-corrected chi connectivity index (χ1v) is 10.0. The van der Waals surface area contributed by atoms with Gasteiger partial charge in [-0.15, -0.1) is 0 Å². The van der Waals surface area contributed by atoms with Gasteiger partial charge in [-0.2, -0.15) is 5.26 Å². The van der Waals surface area contributed by atoms with Gasteiger partial charge in [-0.05, 0) is 42.8 Å². The number of nitrogens with one attached hydrogen (secondary N) is 1. The molecule has 0 fully saturated rings. The molecule has 1 amide bonds. The fourth-order valence-corrected chi connectivity index (χ4v) is 3.03. The van der Waals surface area contributed by atoms with E-state index in [4.69, 9.17) is 10.00 Å². The van der Waals surface area contributed by atoms with E-state index in [9.17, 15) is 18.0 Å². The minimum Gasteiger partial charge on any atom is -0.449 e. The Morgan fingerprint density at radius 2 is 1.85 bits per heavy atom. The fraction of sp³-hybridized carbons (Fsp3) is 0.211. The zero-order chi connectivity index (χ0) is 20.0. The molecule has 7 nitrogen and oxygen atoms in total. The summed E-state index contributed by atoms with van der Waals surface area (Å²) < 4.78 is 27.7. The molecule has 0 saturated heterocycles. The van der Waals surface area contributed by atoms with Crippen LogP contribution >= 0.6 is 0 Å². The van der Waals surface area contributed by atoms with E-state index in [2.05, 4.69) is 5.32 Å². The first-order chi connectivity index (χ1) is 12.7. The number of carbonyl (C=O) groups excluding carboxylic acids is 2. The van der Waals surface area contributed by atoms with Crippen LogP contribution in [0.15, 0.2) is 48.5 Å². The second-order valence-corrected chi connectivity index (χ2v) is 8.14. The summed E-state index contributed by atoms with van der Waals surface area (Å²) in [7, 11) is -3.16. The molecule has 0 aliphatic heterocycles. The lowest BCUT2D eigenvalue weighted by molar-refractivity contribution is -0.123. The molecule has 2 aromatic carbocycles. The molecule has 0 unspecified atom stereocenters. The predicted molar refractivity (Wildman–Crippen MR) is 99.7 cm³/mol. The molecule has 0 aromatic heterocycles. The molecule has 2 rings (SSSR count). The van der Waals surface area contributed by atoms with Gasteiger partial charge in [0.1, 0.15) is 0 Å². The van der Waals surface area contributed by atoms with Crippen LogP contribution < -0.4 is 5.32 Å². The third-order valence-electron chi connectivity index (χ3n) is 3.53. The molecular weight excluding hydrogens is 368 g/mol. The molecule has 0 bridgehead atoms. The Hall–Kier alpha value is -3.18. The average Bonchev–Trinajstić information content (AvgIpc) is 2.61. The van der Waals surface area contributed by atoms with E-state index in [0.29, 0.717) is 16.8 Å². The number of esters is 1. The van der Waals surface area contributed by atoms with E-state index in [0.717, 1.165) is 6.26 Å². The van der Waals surface area contributed by atoms with Crippen LogP contribution in [0.3, 0.4) is 0 Å². The molecule has 0 heterocycles. The lowest BCUT2D eigenvalue weighted by atomic mass is 10.1. The summed E-state index contributed by atoms with van der Waals surface area (Å²) >= 11 is 0. The zero-order valence-corrected chi connectivity index (χ0v) is 15.6. The molecule has 0 aliphatic rings. The number of hydrogen-bond acceptors (Lipinski definition) is 6. The molecule has 1 N–H and O–H groups in total. The highest BCUT2D eigenvalue weighted by atomic mass is 32.2. The van der Waals surface area contributed by atoms with Gasteiger partial charge in [0.15, 0.2) is 15.9 Å². The van der Waals surface area contributed by atoms with Crippen molar-refractivity contribution in [2.45, 2.75) is 18.8 Å². The number of amides is 1. The number of sulfone groups is 1. The van der Waals surface area contributed by atoms with Gasteiger partial charge in [-0.25, -0.2) is 13.2 Å². The van der Waals surface area contributed by atoms with Crippen molar-refractivity contribution in [1.29, 1.82) is 5.26 Å². The molecule has 0 saturated carbocycles. The Morgan fingerprint density at radius 1 is 1.19 bits per heavy atom. The summed E-state index contributed by atoms with van der Waals surface area (Å²) in [6.45, 7) is 1.43. The van der Waals surface area contributed by atoms with Crippen molar-refractivity contribution in [1.82, 2.24) is 0 Å². The summed E-state index contributed by atoms with van der Waals surface area (Å²) in [5, 5.41) is 11.4. The van der Waals surface area contributed by atoms with Crippen molar-refractivity contribution in [3.05, 3.63) is 65.2 Å². The molecule has 8 heteroatoms. The van der Waals surface area contributed by atoms with Crippen molar-refractivity contribution in [3.63, 3.8) is 0 Å². The maximum Gasteiger partial charge on any atom is 0.338 e. The minimum atomic E-state index is -3.16. The van der Waals surface area contributed by atoms with E-state index in [1.807, 2.05) is 6.07 Å². The average molecular weight is 386 g/mol. The van der Waals surface area contributed by atoms with Gasteiger partial charge in [0, 0.05) is 11.9 Å². The number of anilines is 1. The van der Waals surface area contributed by atoms with E-state index in [1.54, 1.807) is 18.2 Å². The van der Waals surface area contributed by atoms with E-state index < -0.39 is 27.8 Å².